The van der Waals surface area contributed by atoms with Gasteiger partial charge >= 0.3 is 0 Å². The Morgan fingerprint density at radius 2 is 2.10 bits per heavy atom. The van der Waals surface area contributed by atoms with Crippen LogP contribution < -0.4 is 10.1 Å². The van der Waals surface area contributed by atoms with E-state index in [0.29, 0.717) is 17.8 Å². The van der Waals surface area contributed by atoms with Gasteiger partial charge in [0.05, 0.1) is 6.61 Å². The largest absolute Gasteiger partial charge is 0.477 e. The molecule has 0 saturated heterocycles. The number of nitrogens with one attached hydrogen (secondary N) is 1. The van der Waals surface area contributed by atoms with Crippen molar-refractivity contribution < 1.29 is 4.74 Å². The molecular formula is C18H28N2O. The minimum Gasteiger partial charge on any atom is -0.477 e. The predicted octanol–water partition coefficient (Wildman–Crippen LogP) is 3.81. The fourth-order valence-corrected chi connectivity index (χ4v) is 2.54. The molecule has 2 rings (SSSR count). The second-order valence-corrected chi connectivity index (χ2v) is 6.52. The third-order valence-corrected chi connectivity index (χ3v) is 4.04. The van der Waals surface area contributed by atoms with E-state index in [-0.39, 0.29) is 0 Å². The lowest BCUT2D eigenvalue weighted by Gasteiger charge is -2.24. The van der Waals surface area contributed by atoms with Crippen LogP contribution in [0.15, 0.2) is 30.5 Å². The van der Waals surface area contributed by atoms with Crippen molar-refractivity contribution in [3.05, 3.63) is 36.0 Å². The summed E-state index contributed by atoms with van der Waals surface area (Å²) in [5.41, 5.74) is 1.21. The molecule has 0 spiro atoms. The SMILES string of the molecule is CC(C)CNCc1ccc(OCC2CC=CCC2C)nc1. The lowest BCUT2D eigenvalue weighted by atomic mass is 9.85. The number of aromatic nitrogens is 1. The standard InChI is InChI=1S/C18H28N2O/c1-14(2)10-19-11-16-8-9-18(20-12-16)21-13-17-7-5-4-6-15(17)3/h4-5,8-9,12,14-15,17,19H,6-7,10-11,13H2,1-3H3. The summed E-state index contributed by atoms with van der Waals surface area (Å²) in [6.45, 7) is 9.40. The predicted molar refractivity (Wildman–Crippen MR) is 87.3 cm³/mol. The Morgan fingerprint density at radius 1 is 1.29 bits per heavy atom. The van der Waals surface area contributed by atoms with Crippen LogP contribution in [0.5, 0.6) is 5.88 Å². The van der Waals surface area contributed by atoms with E-state index in [2.05, 4.69) is 49.3 Å². The Hall–Kier alpha value is -1.35. The van der Waals surface area contributed by atoms with Gasteiger partial charge < -0.3 is 10.1 Å². The zero-order chi connectivity index (χ0) is 15.1. The third-order valence-electron chi connectivity index (χ3n) is 4.04. The van der Waals surface area contributed by atoms with Crippen LogP contribution in [-0.2, 0) is 6.54 Å². The molecule has 0 amide bonds. The van der Waals surface area contributed by atoms with Crippen LogP contribution in [0.2, 0.25) is 0 Å². The van der Waals surface area contributed by atoms with Crippen LogP contribution in [0.25, 0.3) is 0 Å². The molecule has 3 nitrogen and oxygen atoms in total. The second kappa shape index (κ2) is 8.18. The molecule has 1 aromatic heterocycles. The monoisotopic (exact) mass is 288 g/mol. The molecule has 0 saturated carbocycles. The Labute approximate surface area is 128 Å². The molecule has 1 N–H and O–H groups in total. The smallest absolute Gasteiger partial charge is 0.213 e. The molecule has 0 radical (unpaired) electrons. The van der Waals surface area contributed by atoms with Gasteiger partial charge in [-0.05, 0) is 42.7 Å². The van der Waals surface area contributed by atoms with Crippen molar-refractivity contribution in [2.75, 3.05) is 13.2 Å². The maximum absolute atomic E-state index is 5.85. The van der Waals surface area contributed by atoms with Gasteiger partial charge in [-0.15, -0.1) is 0 Å². The van der Waals surface area contributed by atoms with Gasteiger partial charge in [0.2, 0.25) is 5.88 Å². The zero-order valence-electron chi connectivity index (χ0n) is 13.5. The van der Waals surface area contributed by atoms with E-state index in [1.54, 1.807) is 0 Å². The van der Waals surface area contributed by atoms with Crippen LogP contribution in [0.3, 0.4) is 0 Å². The highest BCUT2D eigenvalue weighted by Crippen LogP contribution is 2.25. The average Bonchev–Trinajstić information content (AvgIpc) is 2.47. The number of allylic oxidation sites excluding steroid dienone is 2. The summed E-state index contributed by atoms with van der Waals surface area (Å²) in [6.07, 6.45) is 8.75. The normalized spacial score (nSPS) is 21.7. The number of pyridine rings is 1. The highest BCUT2D eigenvalue weighted by atomic mass is 16.5. The van der Waals surface area contributed by atoms with E-state index in [9.17, 15) is 0 Å². The molecule has 3 heteroatoms. The summed E-state index contributed by atoms with van der Waals surface area (Å²) in [5, 5.41) is 3.42. The van der Waals surface area contributed by atoms with Crippen molar-refractivity contribution in [2.24, 2.45) is 17.8 Å². The topological polar surface area (TPSA) is 34.1 Å². The second-order valence-electron chi connectivity index (χ2n) is 6.52. The van der Waals surface area contributed by atoms with Gasteiger partial charge in [-0.25, -0.2) is 4.98 Å². The number of rotatable bonds is 7. The first-order valence-electron chi connectivity index (χ1n) is 8.08. The zero-order valence-corrected chi connectivity index (χ0v) is 13.5. The molecular weight excluding hydrogens is 260 g/mol. The molecule has 1 aliphatic rings. The minimum atomic E-state index is 0.615. The van der Waals surface area contributed by atoms with Gasteiger partial charge in [0.1, 0.15) is 0 Å². The quantitative estimate of drug-likeness (QED) is 0.775. The number of ether oxygens (including phenoxy) is 1. The fraction of sp³-hybridized carbons (Fsp3) is 0.611. The summed E-state index contributed by atoms with van der Waals surface area (Å²) in [5.74, 6) is 2.73. The van der Waals surface area contributed by atoms with Gasteiger partial charge in [-0.2, -0.15) is 0 Å². The first kappa shape index (κ1) is 16.0. The number of hydrogen-bond acceptors (Lipinski definition) is 3. The molecule has 0 aliphatic heterocycles. The van der Waals surface area contributed by atoms with E-state index in [0.717, 1.165) is 32.0 Å². The van der Waals surface area contributed by atoms with E-state index in [1.165, 1.54) is 12.0 Å². The van der Waals surface area contributed by atoms with E-state index in [1.807, 2.05) is 12.3 Å². The van der Waals surface area contributed by atoms with Crippen LogP contribution in [0, 0.1) is 17.8 Å². The summed E-state index contributed by atoms with van der Waals surface area (Å²) in [4.78, 5) is 4.41. The highest BCUT2D eigenvalue weighted by Gasteiger charge is 2.18. The summed E-state index contributed by atoms with van der Waals surface area (Å²) < 4.78 is 5.85. The average molecular weight is 288 g/mol. The third kappa shape index (κ3) is 5.50. The Morgan fingerprint density at radius 3 is 2.76 bits per heavy atom. The lowest BCUT2D eigenvalue weighted by Crippen LogP contribution is -2.21. The van der Waals surface area contributed by atoms with Crippen molar-refractivity contribution >= 4 is 0 Å². The van der Waals surface area contributed by atoms with Gasteiger partial charge in [-0.3, -0.25) is 0 Å². The Kier molecular flexibility index (Phi) is 6.24. The molecule has 2 unspecified atom stereocenters. The van der Waals surface area contributed by atoms with Gasteiger partial charge in [-0.1, -0.05) is 39.0 Å². The van der Waals surface area contributed by atoms with Crippen molar-refractivity contribution in [2.45, 2.75) is 40.2 Å². The Bertz CT molecular complexity index is 439. The van der Waals surface area contributed by atoms with Crippen molar-refractivity contribution in [3.8, 4) is 5.88 Å². The fourth-order valence-electron chi connectivity index (χ4n) is 2.54. The Balaban J connectivity index is 1.75. The molecule has 2 atom stereocenters. The van der Waals surface area contributed by atoms with Crippen LogP contribution in [-0.4, -0.2) is 18.1 Å². The first-order valence-corrected chi connectivity index (χ1v) is 8.08. The molecule has 0 fully saturated rings. The van der Waals surface area contributed by atoms with Gasteiger partial charge in [0.25, 0.3) is 0 Å². The van der Waals surface area contributed by atoms with Crippen LogP contribution >= 0.6 is 0 Å². The maximum Gasteiger partial charge on any atom is 0.213 e. The molecule has 0 aromatic carbocycles. The minimum absolute atomic E-state index is 0.615. The summed E-state index contributed by atoms with van der Waals surface area (Å²) in [6, 6.07) is 4.08. The first-order chi connectivity index (χ1) is 10.1. The van der Waals surface area contributed by atoms with Gasteiger partial charge in [0, 0.05) is 18.8 Å². The van der Waals surface area contributed by atoms with E-state index >= 15 is 0 Å². The highest BCUT2D eigenvalue weighted by molar-refractivity contribution is 5.17. The number of hydrogen-bond donors (Lipinski definition) is 1. The maximum atomic E-state index is 5.85. The van der Waals surface area contributed by atoms with Crippen LogP contribution in [0.4, 0.5) is 0 Å². The molecule has 1 aromatic rings. The van der Waals surface area contributed by atoms with Crippen LogP contribution in [0.1, 0.15) is 39.2 Å². The van der Waals surface area contributed by atoms with Crippen molar-refractivity contribution in [1.29, 1.82) is 0 Å². The van der Waals surface area contributed by atoms with Crippen molar-refractivity contribution in [3.63, 3.8) is 0 Å². The molecule has 1 heterocycles. The number of nitrogens with zero attached hydrogens (tertiary/aromatic N) is 1. The lowest BCUT2D eigenvalue weighted by molar-refractivity contribution is 0.192. The molecule has 1 aliphatic carbocycles. The van der Waals surface area contributed by atoms with E-state index in [4.69, 9.17) is 4.74 Å². The summed E-state index contributed by atoms with van der Waals surface area (Å²) in [7, 11) is 0. The van der Waals surface area contributed by atoms with Gasteiger partial charge in [0.15, 0.2) is 0 Å². The van der Waals surface area contributed by atoms with Crippen molar-refractivity contribution in [1.82, 2.24) is 10.3 Å². The molecule has 116 valence electrons. The molecule has 0 bridgehead atoms. The summed E-state index contributed by atoms with van der Waals surface area (Å²) >= 11 is 0. The molecule has 21 heavy (non-hydrogen) atoms. The van der Waals surface area contributed by atoms with E-state index < -0.39 is 0 Å².